The summed E-state index contributed by atoms with van der Waals surface area (Å²) in [5.41, 5.74) is 1.40. The van der Waals surface area contributed by atoms with Gasteiger partial charge in [0.05, 0.1) is 25.3 Å². The first kappa shape index (κ1) is 19.1. The fourth-order valence-corrected chi connectivity index (χ4v) is 2.88. The van der Waals surface area contributed by atoms with Gasteiger partial charge in [-0.1, -0.05) is 25.1 Å². The van der Waals surface area contributed by atoms with Crippen LogP contribution in [0.4, 0.5) is 0 Å². The lowest BCUT2D eigenvalue weighted by atomic mass is 10.1. The zero-order valence-electron chi connectivity index (χ0n) is 14.6. The second kappa shape index (κ2) is 9.32. The van der Waals surface area contributed by atoms with Crippen molar-refractivity contribution in [1.82, 2.24) is 5.32 Å². The lowest BCUT2D eigenvalue weighted by molar-refractivity contribution is 0.0950. The zero-order chi connectivity index (χ0) is 18.2. The van der Waals surface area contributed by atoms with Crippen LogP contribution in [0.15, 0.2) is 40.9 Å². The number of para-hydroxylation sites is 1. The summed E-state index contributed by atoms with van der Waals surface area (Å²) >= 11 is 3.45. The van der Waals surface area contributed by atoms with Gasteiger partial charge in [-0.05, 0) is 40.5 Å². The molecular weight excluding hydrogens is 386 g/mol. The summed E-state index contributed by atoms with van der Waals surface area (Å²) in [5.74, 6) is 1.66. The SMILES string of the molecule is CCCOc1c(Br)cc(C(=O)NCc2ccccc2OC)cc1OC. The van der Waals surface area contributed by atoms with Crippen molar-refractivity contribution in [2.24, 2.45) is 0 Å². The number of amides is 1. The lowest BCUT2D eigenvalue weighted by Crippen LogP contribution is -2.23. The van der Waals surface area contributed by atoms with Gasteiger partial charge in [-0.2, -0.15) is 0 Å². The molecule has 0 aliphatic rings. The van der Waals surface area contributed by atoms with Crippen LogP contribution in [-0.2, 0) is 6.54 Å². The van der Waals surface area contributed by atoms with Crippen LogP contribution in [0.3, 0.4) is 0 Å². The van der Waals surface area contributed by atoms with Crippen LogP contribution in [0.25, 0.3) is 0 Å². The van der Waals surface area contributed by atoms with Gasteiger partial charge >= 0.3 is 0 Å². The van der Waals surface area contributed by atoms with Crippen molar-refractivity contribution in [3.8, 4) is 17.2 Å². The maximum absolute atomic E-state index is 12.5. The van der Waals surface area contributed by atoms with E-state index < -0.39 is 0 Å². The molecule has 0 aromatic heterocycles. The van der Waals surface area contributed by atoms with Gasteiger partial charge in [0.15, 0.2) is 11.5 Å². The third-order valence-corrected chi connectivity index (χ3v) is 4.16. The Bertz CT molecular complexity index is 733. The molecule has 134 valence electrons. The fourth-order valence-electron chi connectivity index (χ4n) is 2.32. The minimum atomic E-state index is -0.202. The smallest absolute Gasteiger partial charge is 0.251 e. The molecule has 0 saturated heterocycles. The molecule has 0 heterocycles. The van der Waals surface area contributed by atoms with Gasteiger partial charge in [0, 0.05) is 17.7 Å². The largest absolute Gasteiger partial charge is 0.496 e. The van der Waals surface area contributed by atoms with Crippen LogP contribution < -0.4 is 19.5 Å². The molecule has 0 saturated carbocycles. The summed E-state index contributed by atoms with van der Waals surface area (Å²) in [5, 5.41) is 2.89. The molecule has 2 aromatic rings. The van der Waals surface area contributed by atoms with E-state index >= 15 is 0 Å². The molecule has 0 radical (unpaired) electrons. The second-order valence-electron chi connectivity index (χ2n) is 5.33. The van der Waals surface area contributed by atoms with E-state index in [1.165, 1.54) is 0 Å². The average molecular weight is 408 g/mol. The molecule has 0 unspecified atom stereocenters. The Balaban J connectivity index is 2.15. The Labute approximate surface area is 156 Å². The summed E-state index contributed by atoms with van der Waals surface area (Å²) < 4.78 is 17.0. The van der Waals surface area contributed by atoms with E-state index in [1.54, 1.807) is 26.4 Å². The van der Waals surface area contributed by atoms with Crippen LogP contribution in [-0.4, -0.2) is 26.7 Å². The number of halogens is 1. The van der Waals surface area contributed by atoms with Crippen LogP contribution in [0.5, 0.6) is 17.2 Å². The summed E-state index contributed by atoms with van der Waals surface area (Å²) in [6.45, 7) is 2.98. The predicted octanol–water partition coefficient (Wildman–Crippen LogP) is 4.19. The van der Waals surface area contributed by atoms with Gasteiger partial charge in [0.2, 0.25) is 0 Å². The van der Waals surface area contributed by atoms with Crippen molar-refractivity contribution in [3.05, 3.63) is 52.0 Å². The maximum atomic E-state index is 12.5. The Hall–Kier alpha value is -2.21. The molecule has 1 amide bonds. The highest BCUT2D eigenvalue weighted by molar-refractivity contribution is 9.10. The van der Waals surface area contributed by atoms with E-state index in [9.17, 15) is 4.79 Å². The fraction of sp³-hybridized carbons (Fsp3) is 0.316. The molecule has 0 aliphatic heterocycles. The van der Waals surface area contributed by atoms with E-state index in [-0.39, 0.29) is 5.91 Å². The van der Waals surface area contributed by atoms with Crippen LogP contribution >= 0.6 is 15.9 Å². The quantitative estimate of drug-likeness (QED) is 0.712. The van der Waals surface area contributed by atoms with Gasteiger partial charge in [-0.15, -0.1) is 0 Å². The average Bonchev–Trinajstić information content (AvgIpc) is 2.64. The van der Waals surface area contributed by atoms with Crippen LogP contribution in [0.2, 0.25) is 0 Å². The number of hydrogen-bond donors (Lipinski definition) is 1. The summed E-state index contributed by atoms with van der Waals surface area (Å²) in [4.78, 5) is 12.5. The summed E-state index contributed by atoms with van der Waals surface area (Å²) in [6.07, 6.45) is 0.886. The number of rotatable bonds is 8. The van der Waals surface area contributed by atoms with Crippen LogP contribution in [0, 0.1) is 0 Å². The maximum Gasteiger partial charge on any atom is 0.251 e. The predicted molar refractivity (Wildman–Crippen MR) is 101 cm³/mol. The van der Waals surface area contributed by atoms with Gasteiger partial charge in [-0.25, -0.2) is 0 Å². The number of benzene rings is 2. The minimum absolute atomic E-state index is 0.202. The highest BCUT2D eigenvalue weighted by Crippen LogP contribution is 2.36. The lowest BCUT2D eigenvalue weighted by Gasteiger charge is -2.14. The van der Waals surface area contributed by atoms with E-state index in [2.05, 4.69) is 21.2 Å². The van der Waals surface area contributed by atoms with Gasteiger partial charge < -0.3 is 19.5 Å². The molecule has 2 rings (SSSR count). The molecule has 25 heavy (non-hydrogen) atoms. The van der Waals surface area contributed by atoms with Crippen molar-refractivity contribution < 1.29 is 19.0 Å². The highest BCUT2D eigenvalue weighted by atomic mass is 79.9. The van der Waals surface area contributed by atoms with Gasteiger partial charge in [0.1, 0.15) is 5.75 Å². The number of carbonyl (C=O) groups excluding carboxylic acids is 1. The first-order valence-electron chi connectivity index (χ1n) is 8.01. The normalized spacial score (nSPS) is 10.2. The molecule has 0 spiro atoms. The van der Waals surface area contributed by atoms with Crippen LogP contribution in [0.1, 0.15) is 29.3 Å². The first-order chi connectivity index (χ1) is 12.1. The molecule has 0 fully saturated rings. The molecule has 0 aliphatic carbocycles. The first-order valence-corrected chi connectivity index (χ1v) is 8.80. The number of hydrogen-bond acceptors (Lipinski definition) is 4. The van der Waals surface area contributed by atoms with Gasteiger partial charge in [0.25, 0.3) is 5.91 Å². The minimum Gasteiger partial charge on any atom is -0.496 e. The van der Waals surface area contributed by atoms with Crippen molar-refractivity contribution in [1.29, 1.82) is 0 Å². The molecular formula is C19H22BrNO4. The highest BCUT2D eigenvalue weighted by Gasteiger charge is 2.16. The Morgan fingerprint density at radius 1 is 1.12 bits per heavy atom. The molecule has 2 aromatic carbocycles. The van der Waals surface area contributed by atoms with Crippen molar-refractivity contribution >= 4 is 21.8 Å². The molecule has 1 N–H and O–H groups in total. The second-order valence-corrected chi connectivity index (χ2v) is 6.19. The van der Waals surface area contributed by atoms with E-state index in [0.29, 0.717) is 34.7 Å². The number of carbonyl (C=O) groups is 1. The number of ether oxygens (including phenoxy) is 3. The summed E-state index contributed by atoms with van der Waals surface area (Å²) in [6, 6.07) is 11.0. The Morgan fingerprint density at radius 3 is 2.52 bits per heavy atom. The molecule has 0 bridgehead atoms. The third-order valence-electron chi connectivity index (χ3n) is 3.57. The number of methoxy groups -OCH3 is 2. The van der Waals surface area contributed by atoms with E-state index in [4.69, 9.17) is 14.2 Å². The standard InChI is InChI=1S/C19H22BrNO4/c1-4-9-25-18-15(20)10-14(11-17(18)24-3)19(22)21-12-13-7-5-6-8-16(13)23-2/h5-8,10-11H,4,9,12H2,1-3H3,(H,21,22). The topological polar surface area (TPSA) is 56.8 Å². The monoisotopic (exact) mass is 407 g/mol. The van der Waals surface area contributed by atoms with E-state index in [0.717, 1.165) is 17.7 Å². The third kappa shape index (κ3) is 4.89. The Kier molecular flexibility index (Phi) is 7.13. The van der Waals surface area contributed by atoms with Crippen molar-refractivity contribution in [3.63, 3.8) is 0 Å². The summed E-state index contributed by atoms with van der Waals surface area (Å²) in [7, 11) is 3.16. The Morgan fingerprint density at radius 2 is 1.84 bits per heavy atom. The van der Waals surface area contributed by atoms with Gasteiger partial charge in [-0.3, -0.25) is 4.79 Å². The molecule has 0 atom stereocenters. The molecule has 5 nitrogen and oxygen atoms in total. The zero-order valence-corrected chi connectivity index (χ0v) is 16.2. The molecule has 6 heteroatoms. The number of nitrogens with one attached hydrogen (secondary N) is 1. The van der Waals surface area contributed by atoms with Crippen molar-refractivity contribution in [2.75, 3.05) is 20.8 Å². The van der Waals surface area contributed by atoms with E-state index in [1.807, 2.05) is 31.2 Å². The van der Waals surface area contributed by atoms with Crippen molar-refractivity contribution in [2.45, 2.75) is 19.9 Å².